The van der Waals surface area contributed by atoms with Crippen molar-refractivity contribution in [3.63, 3.8) is 0 Å². The van der Waals surface area contributed by atoms with Crippen molar-refractivity contribution in [2.45, 2.75) is 44.6 Å². The molecule has 3 aliphatic rings. The highest BCUT2D eigenvalue weighted by Crippen LogP contribution is 2.33. The van der Waals surface area contributed by atoms with Gasteiger partial charge in [-0.1, -0.05) is 11.8 Å². The number of aromatic nitrogens is 5. The zero-order valence-corrected chi connectivity index (χ0v) is 22.3. The molecule has 1 unspecified atom stereocenters. The van der Waals surface area contributed by atoms with Crippen LogP contribution in [0.4, 0.5) is 5.82 Å². The van der Waals surface area contributed by atoms with Crippen LogP contribution in [0.1, 0.15) is 35.5 Å². The normalized spacial score (nSPS) is 19.8. The first kappa shape index (κ1) is 24.3. The topological polar surface area (TPSA) is 94.3 Å². The van der Waals surface area contributed by atoms with E-state index in [0.29, 0.717) is 5.88 Å². The fourth-order valence-corrected chi connectivity index (χ4v) is 5.98. The minimum atomic E-state index is 0.00336. The Bertz CT molecular complexity index is 1280. The van der Waals surface area contributed by atoms with Gasteiger partial charge < -0.3 is 24.7 Å². The smallest absolute Gasteiger partial charge is 0.238 e. The summed E-state index contributed by atoms with van der Waals surface area (Å²) in [6.45, 7) is 7.45. The summed E-state index contributed by atoms with van der Waals surface area (Å²) in [5.41, 5.74) is 6.27. The summed E-state index contributed by atoms with van der Waals surface area (Å²) in [7, 11) is 1.65. The van der Waals surface area contributed by atoms with Gasteiger partial charge in [0, 0.05) is 36.8 Å². The number of nitrogens with one attached hydrogen (secondary N) is 2. The van der Waals surface area contributed by atoms with Crippen LogP contribution in [0.15, 0.2) is 30.1 Å². The van der Waals surface area contributed by atoms with Crippen LogP contribution < -0.4 is 15.4 Å². The zero-order valence-electron chi connectivity index (χ0n) is 21.4. The largest absolute Gasteiger partial charge is 0.479 e. The SMILES string of the molecule is COc1nc(C2=CSC(Nc3c4c(nn3CCN3CCOCC3)CCCC4)N2)ccc1-n1cnc(C)c1. The van der Waals surface area contributed by atoms with Gasteiger partial charge in [0.1, 0.15) is 11.5 Å². The summed E-state index contributed by atoms with van der Waals surface area (Å²) in [4.78, 5) is 11.6. The predicted molar refractivity (Wildman–Crippen MR) is 145 cm³/mol. The first-order chi connectivity index (χ1) is 18.2. The Morgan fingerprint density at radius 1 is 1.19 bits per heavy atom. The Hall–Kier alpha value is -3.02. The maximum Gasteiger partial charge on any atom is 0.238 e. The third-order valence-electron chi connectivity index (χ3n) is 7.13. The second kappa shape index (κ2) is 10.8. The average Bonchev–Trinajstić information content (AvgIpc) is 3.67. The van der Waals surface area contributed by atoms with Crippen molar-refractivity contribution in [3.05, 3.63) is 52.7 Å². The molecule has 3 aromatic heterocycles. The van der Waals surface area contributed by atoms with Gasteiger partial charge in [-0.25, -0.2) is 14.6 Å². The molecule has 10 nitrogen and oxygen atoms in total. The van der Waals surface area contributed by atoms with Crippen molar-refractivity contribution in [1.82, 2.24) is 34.5 Å². The van der Waals surface area contributed by atoms with Crippen LogP contribution in [0.5, 0.6) is 5.88 Å². The molecule has 5 heterocycles. The van der Waals surface area contributed by atoms with Gasteiger partial charge in [-0.15, -0.1) is 0 Å². The molecule has 37 heavy (non-hydrogen) atoms. The Kier molecular flexibility index (Phi) is 7.08. The maximum absolute atomic E-state index is 5.62. The van der Waals surface area contributed by atoms with Gasteiger partial charge in [-0.2, -0.15) is 5.10 Å². The van der Waals surface area contributed by atoms with Crippen LogP contribution in [-0.4, -0.2) is 74.7 Å². The van der Waals surface area contributed by atoms with Gasteiger partial charge in [0.15, 0.2) is 5.50 Å². The van der Waals surface area contributed by atoms with Crippen molar-refractivity contribution in [1.29, 1.82) is 0 Å². The Labute approximate surface area is 221 Å². The summed E-state index contributed by atoms with van der Waals surface area (Å²) in [6, 6.07) is 4.04. The Morgan fingerprint density at radius 2 is 2.05 bits per heavy atom. The molecular weight excluding hydrogens is 488 g/mol. The van der Waals surface area contributed by atoms with E-state index >= 15 is 0 Å². The van der Waals surface area contributed by atoms with E-state index in [2.05, 4.69) is 30.6 Å². The second-order valence-electron chi connectivity index (χ2n) is 9.64. The summed E-state index contributed by atoms with van der Waals surface area (Å²) in [5.74, 6) is 1.72. The lowest BCUT2D eigenvalue weighted by atomic mass is 9.97. The van der Waals surface area contributed by atoms with E-state index < -0.39 is 0 Å². The molecular formula is C26H34N8O2S. The molecule has 1 atom stereocenters. The molecule has 1 fully saturated rings. The summed E-state index contributed by atoms with van der Waals surface area (Å²) in [6.07, 6.45) is 8.33. The van der Waals surface area contributed by atoms with Crippen molar-refractivity contribution in [3.8, 4) is 11.6 Å². The van der Waals surface area contributed by atoms with Crippen LogP contribution in [-0.2, 0) is 24.1 Å². The fraction of sp³-hybridized carbons (Fsp3) is 0.500. The number of aryl methyl sites for hydroxylation is 2. The first-order valence-electron chi connectivity index (χ1n) is 13.0. The number of hydrogen-bond donors (Lipinski definition) is 2. The van der Waals surface area contributed by atoms with E-state index in [1.165, 1.54) is 24.1 Å². The van der Waals surface area contributed by atoms with Crippen molar-refractivity contribution < 1.29 is 9.47 Å². The molecule has 11 heteroatoms. The molecule has 0 spiro atoms. The number of thioether (sulfide) groups is 1. The van der Waals surface area contributed by atoms with Crippen molar-refractivity contribution in [2.24, 2.45) is 0 Å². The maximum atomic E-state index is 5.62. The van der Waals surface area contributed by atoms with Gasteiger partial charge in [-0.3, -0.25) is 4.90 Å². The monoisotopic (exact) mass is 522 g/mol. The van der Waals surface area contributed by atoms with Crippen LogP contribution in [0, 0.1) is 6.92 Å². The number of nitrogens with zero attached hydrogens (tertiary/aromatic N) is 6. The highest BCUT2D eigenvalue weighted by molar-refractivity contribution is 8.03. The number of pyridine rings is 1. The van der Waals surface area contributed by atoms with Crippen molar-refractivity contribution >= 4 is 23.3 Å². The molecule has 196 valence electrons. The number of rotatable bonds is 8. The summed E-state index contributed by atoms with van der Waals surface area (Å²) < 4.78 is 15.2. The minimum Gasteiger partial charge on any atom is -0.479 e. The average molecular weight is 523 g/mol. The lowest BCUT2D eigenvalue weighted by Crippen LogP contribution is -2.38. The van der Waals surface area contributed by atoms with Gasteiger partial charge in [-0.05, 0) is 44.7 Å². The molecule has 0 aromatic carbocycles. The van der Waals surface area contributed by atoms with E-state index in [4.69, 9.17) is 19.6 Å². The highest BCUT2D eigenvalue weighted by Gasteiger charge is 2.26. The lowest BCUT2D eigenvalue weighted by Gasteiger charge is -2.27. The van der Waals surface area contributed by atoms with Crippen LogP contribution >= 0.6 is 11.8 Å². The number of morpholine rings is 1. The number of fused-ring (bicyclic) bond motifs is 1. The van der Waals surface area contributed by atoms with Gasteiger partial charge in [0.05, 0.1) is 56.0 Å². The minimum absolute atomic E-state index is 0.00336. The highest BCUT2D eigenvalue weighted by atomic mass is 32.2. The fourth-order valence-electron chi connectivity index (χ4n) is 5.15. The van der Waals surface area contributed by atoms with Crippen molar-refractivity contribution in [2.75, 3.05) is 45.3 Å². The number of hydrogen-bond acceptors (Lipinski definition) is 9. The second-order valence-corrected chi connectivity index (χ2v) is 10.6. The molecule has 0 saturated carbocycles. The molecule has 3 aromatic rings. The van der Waals surface area contributed by atoms with E-state index in [1.54, 1.807) is 25.2 Å². The molecule has 6 rings (SSSR count). The number of imidazole rings is 1. The van der Waals surface area contributed by atoms with Gasteiger partial charge in [0.25, 0.3) is 0 Å². The van der Waals surface area contributed by atoms with E-state index in [1.807, 2.05) is 29.8 Å². The number of methoxy groups -OCH3 is 1. The zero-order chi connectivity index (χ0) is 25.2. The molecule has 0 bridgehead atoms. The standard InChI is InChI=1S/C26H34N8O2S/c1-18-15-33(17-27-18)23-8-7-21(28-25(23)35-2)22-16-37-26(29-22)30-24-19-5-3-4-6-20(19)31-34(24)10-9-32-11-13-36-14-12-32/h7-8,15-17,26,29-30H,3-6,9-14H2,1-2H3. The lowest BCUT2D eigenvalue weighted by molar-refractivity contribution is 0.0360. The Balaban J connectivity index is 1.16. The quantitative estimate of drug-likeness (QED) is 0.463. The third kappa shape index (κ3) is 5.21. The summed E-state index contributed by atoms with van der Waals surface area (Å²) >= 11 is 1.72. The van der Waals surface area contributed by atoms with Crippen LogP contribution in [0.2, 0.25) is 0 Å². The van der Waals surface area contributed by atoms with E-state index in [-0.39, 0.29) is 5.50 Å². The molecule has 0 radical (unpaired) electrons. The van der Waals surface area contributed by atoms with Crippen LogP contribution in [0.25, 0.3) is 11.4 Å². The Morgan fingerprint density at radius 3 is 2.86 bits per heavy atom. The third-order valence-corrected chi connectivity index (χ3v) is 8.01. The molecule has 2 N–H and O–H groups in total. The molecule has 1 saturated heterocycles. The summed E-state index contributed by atoms with van der Waals surface area (Å²) in [5, 5.41) is 14.5. The number of ether oxygens (including phenoxy) is 2. The molecule has 1 aliphatic carbocycles. The predicted octanol–water partition coefficient (Wildman–Crippen LogP) is 3.02. The van der Waals surface area contributed by atoms with E-state index in [9.17, 15) is 0 Å². The number of anilines is 1. The van der Waals surface area contributed by atoms with Crippen LogP contribution in [0.3, 0.4) is 0 Å². The van der Waals surface area contributed by atoms with E-state index in [0.717, 1.165) is 80.8 Å². The van der Waals surface area contributed by atoms with Gasteiger partial charge in [0.2, 0.25) is 5.88 Å². The van der Waals surface area contributed by atoms with Gasteiger partial charge >= 0.3 is 0 Å². The molecule has 0 amide bonds. The first-order valence-corrected chi connectivity index (χ1v) is 14.0. The molecule has 2 aliphatic heterocycles.